The van der Waals surface area contributed by atoms with Crippen molar-refractivity contribution >= 4 is 5.91 Å². The zero-order valence-corrected chi connectivity index (χ0v) is 14.4. The Kier molecular flexibility index (Phi) is 4.80. The van der Waals surface area contributed by atoms with E-state index in [2.05, 4.69) is 44.9 Å². The molecule has 23 heavy (non-hydrogen) atoms. The Morgan fingerprint density at radius 3 is 2.78 bits per heavy atom. The van der Waals surface area contributed by atoms with E-state index in [1.807, 2.05) is 6.92 Å². The molecule has 2 heterocycles. The Morgan fingerprint density at radius 2 is 2.09 bits per heavy atom. The molecule has 0 bridgehead atoms. The quantitative estimate of drug-likeness (QED) is 0.840. The number of hydrogen-bond acceptors (Lipinski definition) is 4. The van der Waals surface area contributed by atoms with Crippen molar-refractivity contribution in [3.63, 3.8) is 0 Å². The lowest BCUT2D eigenvalue weighted by atomic mass is 10.2. The first-order valence-electron chi connectivity index (χ1n) is 8.62. The highest BCUT2D eigenvalue weighted by molar-refractivity contribution is 5.81. The van der Waals surface area contributed by atoms with E-state index < -0.39 is 0 Å². The van der Waals surface area contributed by atoms with Crippen LogP contribution in [0.1, 0.15) is 51.3 Å². The van der Waals surface area contributed by atoms with Crippen LogP contribution in [0.25, 0.3) is 0 Å². The molecule has 1 aliphatic heterocycles. The molecule has 1 atom stereocenters. The molecule has 0 aromatic carbocycles. The summed E-state index contributed by atoms with van der Waals surface area (Å²) < 4.78 is 2.19. The van der Waals surface area contributed by atoms with Gasteiger partial charge in [0.25, 0.3) is 0 Å². The van der Waals surface area contributed by atoms with Gasteiger partial charge in [-0.05, 0) is 33.6 Å². The van der Waals surface area contributed by atoms with E-state index in [0.29, 0.717) is 0 Å². The topological polar surface area (TPSA) is 63.1 Å². The summed E-state index contributed by atoms with van der Waals surface area (Å²) in [7, 11) is 0. The van der Waals surface area contributed by atoms with Crippen LogP contribution in [-0.4, -0.2) is 45.2 Å². The van der Waals surface area contributed by atoms with E-state index in [1.54, 1.807) is 0 Å². The SMILES string of the molecule is CC(C)=CCN1CCc2nnc(C(C)NC(=O)C3CC3)n2CC1. The molecule has 1 N–H and O–H groups in total. The van der Waals surface area contributed by atoms with Gasteiger partial charge in [0.05, 0.1) is 6.04 Å². The van der Waals surface area contributed by atoms with Crippen LogP contribution in [0, 0.1) is 5.92 Å². The number of nitrogens with one attached hydrogen (secondary N) is 1. The molecule has 6 heteroatoms. The molecule has 1 aromatic heterocycles. The maximum Gasteiger partial charge on any atom is 0.223 e. The lowest BCUT2D eigenvalue weighted by molar-refractivity contribution is -0.123. The summed E-state index contributed by atoms with van der Waals surface area (Å²) >= 11 is 0. The standard InChI is InChI=1S/C17H27N5O/c1-12(2)6-8-21-9-7-15-19-20-16(22(15)11-10-21)13(3)18-17(23)14-4-5-14/h6,13-14H,4-5,7-11H2,1-3H3,(H,18,23). The minimum Gasteiger partial charge on any atom is -0.346 e. The second-order valence-electron chi connectivity index (χ2n) is 6.96. The maximum atomic E-state index is 12.0. The van der Waals surface area contributed by atoms with Gasteiger partial charge in [-0.25, -0.2) is 0 Å². The number of fused-ring (bicyclic) bond motifs is 1. The van der Waals surface area contributed by atoms with Crippen LogP contribution in [0.3, 0.4) is 0 Å². The summed E-state index contributed by atoms with van der Waals surface area (Å²) in [6, 6.07) is -0.0753. The summed E-state index contributed by atoms with van der Waals surface area (Å²) in [6.45, 7) is 10.1. The van der Waals surface area contributed by atoms with E-state index in [1.165, 1.54) is 5.57 Å². The van der Waals surface area contributed by atoms with E-state index in [4.69, 9.17) is 0 Å². The molecule has 1 aliphatic carbocycles. The maximum absolute atomic E-state index is 12.0. The van der Waals surface area contributed by atoms with Gasteiger partial charge in [0.15, 0.2) is 5.82 Å². The van der Waals surface area contributed by atoms with E-state index in [9.17, 15) is 4.79 Å². The Labute approximate surface area is 138 Å². The van der Waals surface area contributed by atoms with Crippen LogP contribution in [0.2, 0.25) is 0 Å². The number of amides is 1. The molecule has 2 aliphatic rings. The van der Waals surface area contributed by atoms with Crippen LogP contribution in [0.5, 0.6) is 0 Å². The smallest absolute Gasteiger partial charge is 0.223 e. The van der Waals surface area contributed by atoms with Crippen molar-refractivity contribution in [2.45, 2.75) is 52.6 Å². The first-order valence-corrected chi connectivity index (χ1v) is 8.62. The fourth-order valence-electron chi connectivity index (χ4n) is 2.94. The van der Waals surface area contributed by atoms with Crippen LogP contribution in [0.4, 0.5) is 0 Å². The first-order chi connectivity index (χ1) is 11.0. The number of rotatable bonds is 5. The third kappa shape index (κ3) is 3.99. The number of nitrogens with zero attached hydrogens (tertiary/aromatic N) is 4. The lowest BCUT2D eigenvalue weighted by Gasteiger charge is -2.18. The Hall–Kier alpha value is -1.69. The molecule has 0 saturated heterocycles. The van der Waals surface area contributed by atoms with Crippen molar-refractivity contribution in [1.82, 2.24) is 25.0 Å². The molecule has 1 aromatic rings. The number of allylic oxidation sites excluding steroid dienone is 1. The van der Waals surface area contributed by atoms with Crippen molar-refractivity contribution in [1.29, 1.82) is 0 Å². The highest BCUT2D eigenvalue weighted by Gasteiger charge is 2.31. The van der Waals surface area contributed by atoms with E-state index >= 15 is 0 Å². The molecule has 1 fully saturated rings. The van der Waals surface area contributed by atoms with Crippen LogP contribution in [0.15, 0.2) is 11.6 Å². The Bertz CT molecular complexity index is 598. The molecule has 6 nitrogen and oxygen atoms in total. The van der Waals surface area contributed by atoms with E-state index in [0.717, 1.165) is 57.1 Å². The van der Waals surface area contributed by atoms with Gasteiger partial charge in [-0.3, -0.25) is 9.69 Å². The summed E-state index contributed by atoms with van der Waals surface area (Å²) in [5.74, 6) is 2.31. The monoisotopic (exact) mass is 317 g/mol. The molecular formula is C17H27N5O. The largest absolute Gasteiger partial charge is 0.346 e. The van der Waals surface area contributed by atoms with E-state index in [-0.39, 0.29) is 17.9 Å². The molecule has 1 amide bonds. The van der Waals surface area contributed by atoms with Gasteiger partial charge in [0.1, 0.15) is 5.82 Å². The molecule has 126 valence electrons. The lowest BCUT2D eigenvalue weighted by Crippen LogP contribution is -2.31. The highest BCUT2D eigenvalue weighted by atomic mass is 16.2. The molecular weight excluding hydrogens is 290 g/mol. The first kappa shape index (κ1) is 16.2. The van der Waals surface area contributed by atoms with Gasteiger partial charge in [-0.2, -0.15) is 0 Å². The Morgan fingerprint density at radius 1 is 1.30 bits per heavy atom. The second kappa shape index (κ2) is 6.83. The van der Waals surface area contributed by atoms with Crippen LogP contribution >= 0.6 is 0 Å². The van der Waals surface area contributed by atoms with Crippen molar-refractivity contribution in [2.75, 3.05) is 19.6 Å². The predicted molar refractivity (Wildman–Crippen MR) is 88.9 cm³/mol. The van der Waals surface area contributed by atoms with Gasteiger partial charge < -0.3 is 9.88 Å². The summed E-state index contributed by atoms with van der Waals surface area (Å²) in [5.41, 5.74) is 1.35. The average Bonchev–Trinajstić information content (AvgIpc) is 3.30. The van der Waals surface area contributed by atoms with Gasteiger partial charge in [0.2, 0.25) is 5.91 Å². The highest BCUT2D eigenvalue weighted by Crippen LogP contribution is 2.29. The van der Waals surface area contributed by atoms with Crippen molar-refractivity contribution in [2.24, 2.45) is 5.92 Å². The number of carbonyl (C=O) groups excluding carboxylic acids is 1. The van der Waals surface area contributed by atoms with Gasteiger partial charge >= 0.3 is 0 Å². The van der Waals surface area contributed by atoms with Gasteiger partial charge in [-0.1, -0.05) is 11.6 Å². The fourth-order valence-corrected chi connectivity index (χ4v) is 2.94. The second-order valence-corrected chi connectivity index (χ2v) is 6.96. The van der Waals surface area contributed by atoms with Crippen molar-refractivity contribution < 1.29 is 4.79 Å². The number of carbonyl (C=O) groups is 1. The van der Waals surface area contributed by atoms with Crippen LogP contribution in [-0.2, 0) is 17.8 Å². The summed E-state index contributed by atoms with van der Waals surface area (Å²) in [4.78, 5) is 14.4. The molecule has 0 radical (unpaired) electrons. The molecule has 1 saturated carbocycles. The van der Waals surface area contributed by atoms with Gasteiger partial charge in [0, 0.05) is 38.5 Å². The third-order valence-electron chi connectivity index (χ3n) is 4.60. The number of aromatic nitrogens is 3. The van der Waals surface area contributed by atoms with Crippen LogP contribution < -0.4 is 5.32 Å². The zero-order valence-electron chi connectivity index (χ0n) is 14.4. The zero-order chi connectivity index (χ0) is 16.4. The predicted octanol–water partition coefficient (Wildman–Crippen LogP) is 1.69. The minimum absolute atomic E-state index is 0.0753. The summed E-state index contributed by atoms with van der Waals surface area (Å²) in [6.07, 6.45) is 5.23. The van der Waals surface area contributed by atoms with Gasteiger partial charge in [-0.15, -0.1) is 10.2 Å². The normalized spacial score (nSPS) is 19.6. The fraction of sp³-hybridized carbons (Fsp3) is 0.706. The molecule has 1 unspecified atom stereocenters. The minimum atomic E-state index is -0.0753. The van der Waals surface area contributed by atoms with Crippen molar-refractivity contribution in [3.8, 4) is 0 Å². The third-order valence-corrected chi connectivity index (χ3v) is 4.60. The average molecular weight is 317 g/mol. The summed E-state index contributed by atoms with van der Waals surface area (Å²) in [5, 5.41) is 11.8. The Balaban J connectivity index is 1.64. The van der Waals surface area contributed by atoms with Crippen molar-refractivity contribution in [3.05, 3.63) is 23.3 Å². The molecule has 3 rings (SSSR count). The molecule has 0 spiro atoms. The number of hydrogen-bond donors (Lipinski definition) is 1.